The van der Waals surface area contributed by atoms with E-state index in [-0.39, 0.29) is 24.7 Å². The topological polar surface area (TPSA) is 85.5 Å². The second-order valence-corrected chi connectivity index (χ2v) is 2.17. The maximum Gasteiger partial charge on any atom is 0.329 e. The molecule has 0 fully saturated rings. The third-order valence-corrected chi connectivity index (χ3v) is 1.31. The summed E-state index contributed by atoms with van der Waals surface area (Å²) < 4.78 is 4.92. The maximum absolute atomic E-state index is 10.4. The van der Waals surface area contributed by atoms with Crippen molar-refractivity contribution in [2.45, 2.75) is 0 Å². The number of pyridine rings is 1. The zero-order chi connectivity index (χ0) is 9.68. The smallest absolute Gasteiger partial charge is 0.329 e. The van der Waals surface area contributed by atoms with Crippen molar-refractivity contribution in [3.05, 3.63) is 28.6 Å². The summed E-state index contributed by atoms with van der Waals surface area (Å²) in [6.45, 7) is -0.148. The molecule has 0 aromatic carbocycles. The number of aliphatic hydroxyl groups excluding tert-OH is 1. The second kappa shape index (κ2) is 4.36. The predicted octanol–water partition coefficient (Wildman–Crippen LogP) is 0.361. The van der Waals surface area contributed by atoms with Gasteiger partial charge in [-0.2, -0.15) is 0 Å². The number of ether oxygens (including phenoxy) is 1. The fourth-order valence-electron chi connectivity index (χ4n) is 0.788. The van der Waals surface area contributed by atoms with Crippen molar-refractivity contribution in [3.8, 4) is 5.75 Å². The highest BCUT2D eigenvalue weighted by atomic mass is 16.6. The molecule has 0 bridgehead atoms. The quantitative estimate of drug-likeness (QED) is 0.539. The largest absolute Gasteiger partial charge is 0.484 e. The third-order valence-electron chi connectivity index (χ3n) is 1.31. The van der Waals surface area contributed by atoms with Crippen molar-refractivity contribution in [1.82, 2.24) is 4.98 Å². The molecule has 1 heterocycles. The monoisotopic (exact) mass is 184 g/mol. The number of rotatable bonds is 4. The first-order chi connectivity index (χ1) is 6.25. The summed E-state index contributed by atoms with van der Waals surface area (Å²) in [4.78, 5) is 13.4. The van der Waals surface area contributed by atoms with E-state index >= 15 is 0 Å². The van der Waals surface area contributed by atoms with Gasteiger partial charge in [-0.3, -0.25) is 15.1 Å². The summed E-state index contributed by atoms with van der Waals surface area (Å²) in [5.41, 5.74) is -0.198. The van der Waals surface area contributed by atoms with E-state index in [1.165, 1.54) is 12.3 Å². The van der Waals surface area contributed by atoms with E-state index in [1.807, 2.05) is 0 Å². The van der Waals surface area contributed by atoms with Gasteiger partial charge >= 0.3 is 5.69 Å². The van der Waals surface area contributed by atoms with E-state index in [0.717, 1.165) is 6.20 Å². The lowest BCUT2D eigenvalue weighted by atomic mass is 10.4. The molecule has 0 atom stereocenters. The molecular formula is C7H8N2O4. The molecule has 0 spiro atoms. The summed E-state index contributed by atoms with van der Waals surface area (Å²) in [5, 5.41) is 18.9. The standard InChI is InChI=1S/C7H8N2O4/c10-3-4-13-7-1-2-8-5-6(7)9(11)12/h1-2,5,10H,3-4H2. The number of hydrogen-bond acceptors (Lipinski definition) is 5. The summed E-state index contributed by atoms with van der Waals surface area (Å²) in [6.07, 6.45) is 2.49. The third kappa shape index (κ3) is 2.38. The molecule has 6 heteroatoms. The van der Waals surface area contributed by atoms with Crippen LogP contribution < -0.4 is 4.74 Å². The van der Waals surface area contributed by atoms with Gasteiger partial charge in [-0.05, 0) is 0 Å². The normalized spacial score (nSPS) is 9.62. The first kappa shape index (κ1) is 9.40. The zero-order valence-electron chi connectivity index (χ0n) is 6.71. The molecule has 0 saturated heterocycles. The number of nitrogens with zero attached hydrogens (tertiary/aromatic N) is 2. The van der Waals surface area contributed by atoms with Gasteiger partial charge in [0.25, 0.3) is 0 Å². The van der Waals surface area contributed by atoms with Gasteiger partial charge in [0.1, 0.15) is 12.8 Å². The summed E-state index contributed by atoms with van der Waals surface area (Å²) in [7, 11) is 0. The highest BCUT2D eigenvalue weighted by molar-refractivity contribution is 5.42. The van der Waals surface area contributed by atoms with Gasteiger partial charge in [0.15, 0.2) is 5.75 Å². The van der Waals surface area contributed by atoms with Gasteiger partial charge in [-0.25, -0.2) is 0 Å². The molecule has 1 aromatic heterocycles. The van der Waals surface area contributed by atoms with Crippen LogP contribution in [0.15, 0.2) is 18.5 Å². The molecule has 1 N–H and O–H groups in total. The molecule has 0 unspecified atom stereocenters. The molecule has 1 aromatic rings. The Bertz CT molecular complexity index is 302. The fourth-order valence-corrected chi connectivity index (χ4v) is 0.788. The van der Waals surface area contributed by atoms with E-state index in [4.69, 9.17) is 9.84 Å². The van der Waals surface area contributed by atoms with Crippen LogP contribution in [0.4, 0.5) is 5.69 Å². The molecule has 0 aliphatic heterocycles. The van der Waals surface area contributed by atoms with E-state index in [9.17, 15) is 10.1 Å². The summed E-state index contributed by atoms with van der Waals surface area (Å²) >= 11 is 0. The summed E-state index contributed by atoms with van der Waals surface area (Å²) in [5.74, 6) is 0.119. The lowest BCUT2D eigenvalue weighted by molar-refractivity contribution is -0.386. The molecule has 0 radical (unpaired) electrons. The average Bonchev–Trinajstić information content (AvgIpc) is 2.15. The Morgan fingerprint density at radius 1 is 1.69 bits per heavy atom. The molecule has 13 heavy (non-hydrogen) atoms. The van der Waals surface area contributed by atoms with Gasteiger partial charge in [0.2, 0.25) is 0 Å². The summed E-state index contributed by atoms with van der Waals surface area (Å²) in [6, 6.07) is 1.38. The van der Waals surface area contributed by atoms with E-state index in [0.29, 0.717) is 0 Å². The first-order valence-corrected chi connectivity index (χ1v) is 3.57. The van der Waals surface area contributed by atoms with Crippen LogP contribution in [-0.4, -0.2) is 28.2 Å². The molecule has 70 valence electrons. The van der Waals surface area contributed by atoms with Gasteiger partial charge in [0, 0.05) is 12.3 Å². The van der Waals surface area contributed by atoms with Crippen LogP contribution in [0.1, 0.15) is 0 Å². The number of aromatic nitrogens is 1. The van der Waals surface area contributed by atoms with Gasteiger partial charge < -0.3 is 9.84 Å². The molecule has 6 nitrogen and oxygen atoms in total. The van der Waals surface area contributed by atoms with E-state index < -0.39 is 4.92 Å². The molecule has 0 aliphatic rings. The van der Waals surface area contributed by atoms with Gasteiger partial charge in [-0.1, -0.05) is 0 Å². The molecule has 0 saturated carbocycles. The highest BCUT2D eigenvalue weighted by Crippen LogP contribution is 2.24. The highest BCUT2D eigenvalue weighted by Gasteiger charge is 2.13. The molecular weight excluding hydrogens is 176 g/mol. The van der Waals surface area contributed by atoms with Crippen molar-refractivity contribution in [2.24, 2.45) is 0 Å². The van der Waals surface area contributed by atoms with Crippen LogP contribution in [0, 0.1) is 10.1 Å². The number of aliphatic hydroxyl groups is 1. The van der Waals surface area contributed by atoms with Crippen molar-refractivity contribution in [1.29, 1.82) is 0 Å². The minimum atomic E-state index is -0.584. The van der Waals surface area contributed by atoms with Crippen LogP contribution in [0.3, 0.4) is 0 Å². The Balaban J connectivity index is 2.84. The van der Waals surface area contributed by atoms with Crippen LogP contribution in [0.5, 0.6) is 5.75 Å². The van der Waals surface area contributed by atoms with E-state index in [1.54, 1.807) is 0 Å². The first-order valence-electron chi connectivity index (χ1n) is 3.57. The minimum Gasteiger partial charge on any atom is -0.484 e. The molecule has 0 aliphatic carbocycles. The fraction of sp³-hybridized carbons (Fsp3) is 0.286. The zero-order valence-corrected chi connectivity index (χ0v) is 6.71. The Morgan fingerprint density at radius 2 is 2.46 bits per heavy atom. The lowest BCUT2D eigenvalue weighted by Gasteiger charge is -2.02. The Hall–Kier alpha value is -1.69. The SMILES string of the molecule is O=[N+]([O-])c1cnccc1OCCO. The lowest BCUT2D eigenvalue weighted by Crippen LogP contribution is -2.03. The van der Waals surface area contributed by atoms with E-state index in [2.05, 4.69) is 4.98 Å². The molecule has 1 rings (SSSR count). The Morgan fingerprint density at radius 3 is 3.08 bits per heavy atom. The van der Waals surface area contributed by atoms with Crippen LogP contribution in [-0.2, 0) is 0 Å². The Kier molecular flexibility index (Phi) is 3.15. The Labute approximate surface area is 73.9 Å². The number of hydrogen-bond donors (Lipinski definition) is 1. The van der Waals surface area contributed by atoms with Gasteiger partial charge in [0.05, 0.1) is 11.5 Å². The average molecular weight is 184 g/mol. The van der Waals surface area contributed by atoms with Crippen LogP contribution in [0.25, 0.3) is 0 Å². The second-order valence-electron chi connectivity index (χ2n) is 2.17. The van der Waals surface area contributed by atoms with Crippen molar-refractivity contribution < 1.29 is 14.8 Å². The van der Waals surface area contributed by atoms with Crippen LogP contribution in [0.2, 0.25) is 0 Å². The molecule has 0 amide bonds. The van der Waals surface area contributed by atoms with Crippen molar-refractivity contribution in [3.63, 3.8) is 0 Å². The van der Waals surface area contributed by atoms with Gasteiger partial charge in [-0.15, -0.1) is 0 Å². The predicted molar refractivity (Wildman–Crippen MR) is 43.5 cm³/mol. The minimum absolute atomic E-state index is 0.0326. The van der Waals surface area contributed by atoms with Crippen LogP contribution >= 0.6 is 0 Å². The van der Waals surface area contributed by atoms with Crippen molar-refractivity contribution >= 4 is 5.69 Å². The van der Waals surface area contributed by atoms with Crippen molar-refractivity contribution in [2.75, 3.05) is 13.2 Å². The number of nitro groups is 1. The maximum atomic E-state index is 10.4.